The molecule has 0 fully saturated rings. The van der Waals surface area contributed by atoms with Crippen LogP contribution in [0.4, 0.5) is 0 Å². The van der Waals surface area contributed by atoms with Crippen molar-refractivity contribution in [1.29, 1.82) is 0 Å². The highest BCUT2D eigenvalue weighted by molar-refractivity contribution is 5.79. The van der Waals surface area contributed by atoms with Crippen LogP contribution in [-0.2, 0) is 9.59 Å². The minimum Gasteiger partial charge on any atom is -0.481 e. The third-order valence-corrected chi connectivity index (χ3v) is 3.43. The molecule has 0 heterocycles. The van der Waals surface area contributed by atoms with Crippen molar-refractivity contribution in [3.8, 4) is 0 Å². The first-order valence-electron chi connectivity index (χ1n) is 7.00. The molecule has 0 aliphatic carbocycles. The van der Waals surface area contributed by atoms with E-state index in [1.54, 1.807) is 6.92 Å². The average molecular weight is 258 g/mol. The molecule has 2 N–H and O–H groups in total. The van der Waals surface area contributed by atoms with E-state index in [-0.39, 0.29) is 0 Å². The fourth-order valence-electron chi connectivity index (χ4n) is 2.27. The molecule has 0 aromatic carbocycles. The van der Waals surface area contributed by atoms with E-state index in [1.807, 2.05) is 0 Å². The lowest BCUT2D eigenvalue weighted by Gasteiger charge is -2.18. The SMILES string of the molecule is CCCCCCCCC(C(=O)O)C(CC)C(=O)O. The molecule has 0 saturated carbocycles. The third-order valence-electron chi connectivity index (χ3n) is 3.43. The molecule has 0 aromatic rings. The zero-order valence-corrected chi connectivity index (χ0v) is 11.5. The van der Waals surface area contributed by atoms with E-state index in [9.17, 15) is 9.59 Å². The molecule has 0 aliphatic heterocycles. The van der Waals surface area contributed by atoms with E-state index in [0.29, 0.717) is 12.8 Å². The summed E-state index contributed by atoms with van der Waals surface area (Å²) in [5.74, 6) is -3.45. The number of carboxylic acid groups (broad SMARTS) is 2. The van der Waals surface area contributed by atoms with Gasteiger partial charge in [-0.25, -0.2) is 0 Å². The van der Waals surface area contributed by atoms with Gasteiger partial charge in [0.1, 0.15) is 0 Å². The molecule has 0 bridgehead atoms. The van der Waals surface area contributed by atoms with Gasteiger partial charge in [0.15, 0.2) is 0 Å². The Morgan fingerprint density at radius 2 is 1.33 bits per heavy atom. The highest BCUT2D eigenvalue weighted by Gasteiger charge is 2.31. The Hall–Kier alpha value is -1.06. The molecule has 0 aliphatic rings. The second-order valence-corrected chi connectivity index (χ2v) is 4.85. The molecular formula is C14H26O4. The van der Waals surface area contributed by atoms with Crippen LogP contribution < -0.4 is 0 Å². The van der Waals surface area contributed by atoms with Crippen molar-refractivity contribution >= 4 is 11.9 Å². The van der Waals surface area contributed by atoms with Gasteiger partial charge in [-0.2, -0.15) is 0 Å². The first kappa shape index (κ1) is 16.9. The molecule has 2 unspecified atom stereocenters. The van der Waals surface area contributed by atoms with Gasteiger partial charge in [0.2, 0.25) is 0 Å². The molecule has 0 rings (SSSR count). The molecule has 0 saturated heterocycles. The summed E-state index contributed by atoms with van der Waals surface area (Å²) in [6, 6.07) is 0. The predicted molar refractivity (Wildman–Crippen MR) is 70.5 cm³/mol. The van der Waals surface area contributed by atoms with Crippen LogP contribution in [0.25, 0.3) is 0 Å². The molecule has 4 heteroatoms. The number of hydrogen-bond acceptors (Lipinski definition) is 2. The molecule has 0 radical (unpaired) electrons. The second-order valence-electron chi connectivity index (χ2n) is 4.85. The van der Waals surface area contributed by atoms with Crippen LogP contribution in [0.1, 0.15) is 65.2 Å². The van der Waals surface area contributed by atoms with E-state index in [4.69, 9.17) is 10.2 Å². The number of carbonyl (C=O) groups is 2. The van der Waals surface area contributed by atoms with Gasteiger partial charge in [0, 0.05) is 0 Å². The standard InChI is InChI=1S/C14H26O4/c1-3-5-6-7-8-9-10-12(14(17)18)11(4-2)13(15)16/h11-12H,3-10H2,1-2H3,(H,15,16)(H,17,18). The number of hydrogen-bond donors (Lipinski definition) is 2. The van der Waals surface area contributed by atoms with Gasteiger partial charge >= 0.3 is 11.9 Å². The Labute approximate surface area is 109 Å². The van der Waals surface area contributed by atoms with E-state index >= 15 is 0 Å². The van der Waals surface area contributed by atoms with E-state index < -0.39 is 23.8 Å². The minimum atomic E-state index is -0.990. The molecule has 4 nitrogen and oxygen atoms in total. The maximum Gasteiger partial charge on any atom is 0.307 e. The van der Waals surface area contributed by atoms with Crippen molar-refractivity contribution in [2.45, 2.75) is 65.2 Å². The summed E-state index contributed by atoms with van der Waals surface area (Å²) in [6.07, 6.45) is 7.37. The van der Waals surface area contributed by atoms with Gasteiger partial charge in [-0.3, -0.25) is 9.59 Å². The first-order chi connectivity index (χ1) is 8.54. The van der Waals surface area contributed by atoms with Crippen LogP contribution in [0.3, 0.4) is 0 Å². The molecule has 0 aromatic heterocycles. The quantitative estimate of drug-likeness (QED) is 0.556. The van der Waals surface area contributed by atoms with Crippen LogP contribution >= 0.6 is 0 Å². The zero-order valence-electron chi connectivity index (χ0n) is 11.5. The normalized spacial score (nSPS) is 14.1. The van der Waals surface area contributed by atoms with Crippen molar-refractivity contribution in [2.24, 2.45) is 11.8 Å². The number of rotatable bonds is 11. The van der Waals surface area contributed by atoms with Gasteiger partial charge in [-0.15, -0.1) is 0 Å². The molecule has 18 heavy (non-hydrogen) atoms. The van der Waals surface area contributed by atoms with Crippen LogP contribution in [0, 0.1) is 11.8 Å². The lowest BCUT2D eigenvalue weighted by molar-refractivity contribution is -0.154. The first-order valence-corrected chi connectivity index (χ1v) is 7.00. The fourth-order valence-corrected chi connectivity index (χ4v) is 2.27. The minimum absolute atomic E-state index is 0.377. The molecule has 2 atom stereocenters. The Morgan fingerprint density at radius 1 is 0.833 bits per heavy atom. The summed E-state index contributed by atoms with van der Waals surface area (Å²) in [5, 5.41) is 18.1. The Morgan fingerprint density at radius 3 is 1.78 bits per heavy atom. The molecule has 106 valence electrons. The smallest absolute Gasteiger partial charge is 0.307 e. The zero-order chi connectivity index (χ0) is 14.0. The van der Waals surface area contributed by atoms with Gasteiger partial charge in [-0.1, -0.05) is 52.4 Å². The molecule has 0 amide bonds. The van der Waals surface area contributed by atoms with Gasteiger partial charge in [-0.05, 0) is 12.8 Å². The number of aliphatic carboxylic acids is 2. The fraction of sp³-hybridized carbons (Fsp3) is 0.857. The van der Waals surface area contributed by atoms with Crippen LogP contribution in [0.15, 0.2) is 0 Å². The van der Waals surface area contributed by atoms with Crippen molar-refractivity contribution < 1.29 is 19.8 Å². The van der Waals surface area contributed by atoms with Crippen molar-refractivity contribution in [3.63, 3.8) is 0 Å². The van der Waals surface area contributed by atoms with Crippen LogP contribution in [-0.4, -0.2) is 22.2 Å². The molecular weight excluding hydrogens is 232 g/mol. The van der Waals surface area contributed by atoms with Crippen molar-refractivity contribution in [1.82, 2.24) is 0 Å². The summed E-state index contributed by atoms with van der Waals surface area (Å²) in [7, 11) is 0. The number of unbranched alkanes of at least 4 members (excludes halogenated alkanes) is 5. The summed E-state index contributed by atoms with van der Waals surface area (Å²) in [6.45, 7) is 3.88. The largest absolute Gasteiger partial charge is 0.481 e. The van der Waals surface area contributed by atoms with Gasteiger partial charge in [0.25, 0.3) is 0 Å². The second kappa shape index (κ2) is 9.92. The average Bonchev–Trinajstić information content (AvgIpc) is 2.31. The van der Waals surface area contributed by atoms with Crippen molar-refractivity contribution in [3.05, 3.63) is 0 Å². The van der Waals surface area contributed by atoms with Gasteiger partial charge in [0.05, 0.1) is 11.8 Å². The van der Waals surface area contributed by atoms with Crippen LogP contribution in [0.5, 0.6) is 0 Å². The van der Waals surface area contributed by atoms with Crippen LogP contribution in [0.2, 0.25) is 0 Å². The van der Waals surface area contributed by atoms with Gasteiger partial charge < -0.3 is 10.2 Å². The summed E-state index contributed by atoms with van der Waals surface area (Å²) in [5.41, 5.74) is 0. The van der Waals surface area contributed by atoms with E-state index in [0.717, 1.165) is 19.3 Å². The van der Waals surface area contributed by atoms with E-state index in [1.165, 1.54) is 19.3 Å². The Bertz CT molecular complexity index is 250. The summed E-state index contributed by atoms with van der Waals surface area (Å²) in [4.78, 5) is 22.1. The Balaban J connectivity index is 4.05. The van der Waals surface area contributed by atoms with Crippen molar-refractivity contribution in [2.75, 3.05) is 0 Å². The summed E-state index contributed by atoms with van der Waals surface area (Å²) < 4.78 is 0. The molecule has 0 spiro atoms. The van der Waals surface area contributed by atoms with E-state index in [2.05, 4.69) is 6.92 Å². The summed E-state index contributed by atoms with van der Waals surface area (Å²) >= 11 is 0. The number of carboxylic acids is 2. The highest BCUT2D eigenvalue weighted by Crippen LogP contribution is 2.23. The maximum absolute atomic E-state index is 11.1. The highest BCUT2D eigenvalue weighted by atomic mass is 16.4. The monoisotopic (exact) mass is 258 g/mol. The maximum atomic E-state index is 11.1. The predicted octanol–water partition coefficient (Wildman–Crippen LogP) is 3.55. The topological polar surface area (TPSA) is 74.6 Å². The lowest BCUT2D eigenvalue weighted by Crippen LogP contribution is -2.29. The Kier molecular flexibility index (Phi) is 9.33. The third kappa shape index (κ3) is 6.62. The lowest BCUT2D eigenvalue weighted by atomic mass is 9.86.